The molecule has 0 aromatic heterocycles. The Morgan fingerprint density at radius 2 is 1.73 bits per heavy atom. The number of carbonyl (C=O) groups excluding carboxylic acids is 3. The highest BCUT2D eigenvalue weighted by molar-refractivity contribution is 5.97. The number of esters is 1. The van der Waals surface area contributed by atoms with Crippen LogP contribution in [-0.4, -0.2) is 35.1 Å². The minimum atomic E-state index is -0.805. The van der Waals surface area contributed by atoms with Crippen LogP contribution in [0.3, 0.4) is 0 Å². The van der Waals surface area contributed by atoms with Crippen molar-refractivity contribution in [2.75, 3.05) is 17.2 Å². The van der Waals surface area contributed by atoms with Crippen LogP contribution in [0.25, 0.3) is 0 Å². The van der Waals surface area contributed by atoms with Gasteiger partial charge < -0.3 is 14.8 Å². The van der Waals surface area contributed by atoms with Crippen LogP contribution in [0, 0.1) is 10.1 Å². The fourth-order valence-corrected chi connectivity index (χ4v) is 2.28. The second-order valence-electron chi connectivity index (χ2n) is 7.11. The zero-order valence-corrected chi connectivity index (χ0v) is 16.6. The summed E-state index contributed by atoms with van der Waals surface area (Å²) in [5.41, 5.74) is -0.558. The number of benzene rings is 2. The number of nitrogens with zero attached hydrogens (tertiary/aromatic N) is 1. The van der Waals surface area contributed by atoms with Gasteiger partial charge in [0, 0.05) is 11.8 Å². The summed E-state index contributed by atoms with van der Waals surface area (Å²) in [6, 6.07) is 11.5. The van der Waals surface area contributed by atoms with Crippen LogP contribution in [0.2, 0.25) is 0 Å². The number of hydrogen-bond donors (Lipinski definition) is 2. The lowest BCUT2D eigenvalue weighted by atomic mass is 10.2. The molecule has 0 aliphatic heterocycles. The van der Waals surface area contributed by atoms with Crippen molar-refractivity contribution in [1.82, 2.24) is 0 Å². The molecule has 2 amide bonds. The van der Waals surface area contributed by atoms with E-state index in [1.807, 2.05) is 0 Å². The third-order valence-electron chi connectivity index (χ3n) is 3.45. The first-order chi connectivity index (χ1) is 14.0. The predicted molar refractivity (Wildman–Crippen MR) is 108 cm³/mol. The second-order valence-corrected chi connectivity index (χ2v) is 7.11. The molecule has 30 heavy (non-hydrogen) atoms. The number of carbonyl (C=O) groups is 3. The molecule has 10 heteroatoms. The molecule has 0 spiro atoms. The molecule has 0 atom stereocenters. The number of rotatable bonds is 6. The van der Waals surface area contributed by atoms with Crippen molar-refractivity contribution in [2.24, 2.45) is 0 Å². The van der Waals surface area contributed by atoms with E-state index in [-0.39, 0.29) is 16.9 Å². The van der Waals surface area contributed by atoms with Crippen LogP contribution in [-0.2, 0) is 14.3 Å². The van der Waals surface area contributed by atoms with Gasteiger partial charge in [-0.15, -0.1) is 0 Å². The van der Waals surface area contributed by atoms with E-state index >= 15 is 0 Å². The Morgan fingerprint density at radius 3 is 2.40 bits per heavy atom. The Morgan fingerprint density at radius 1 is 1.03 bits per heavy atom. The lowest BCUT2D eigenvalue weighted by Crippen LogP contribution is -2.27. The minimum absolute atomic E-state index is 0.00731. The molecular formula is C20H21N3O7. The highest BCUT2D eigenvalue weighted by atomic mass is 16.6. The van der Waals surface area contributed by atoms with Crippen molar-refractivity contribution >= 4 is 35.0 Å². The lowest BCUT2D eigenvalue weighted by Gasteiger charge is -2.19. The van der Waals surface area contributed by atoms with Crippen molar-refractivity contribution in [3.05, 3.63) is 64.2 Å². The van der Waals surface area contributed by atoms with E-state index in [1.165, 1.54) is 42.5 Å². The number of nitrogens with one attached hydrogen (secondary N) is 2. The average molecular weight is 415 g/mol. The van der Waals surface area contributed by atoms with Gasteiger partial charge in [-0.05, 0) is 45.0 Å². The molecule has 2 N–H and O–H groups in total. The highest BCUT2D eigenvalue weighted by Gasteiger charge is 2.18. The van der Waals surface area contributed by atoms with Crippen LogP contribution in [0.4, 0.5) is 21.9 Å². The standard InChI is InChI=1S/C20H21N3O7/c1-20(2,3)30-19(26)21-14-8-6-7-13(11-14)18(25)29-12-17(24)22-15-9-4-5-10-16(15)23(27)28/h4-11H,12H2,1-3H3,(H,21,26)(H,22,24). The quantitative estimate of drug-likeness (QED) is 0.416. The van der Waals surface area contributed by atoms with Gasteiger partial charge in [0.2, 0.25) is 0 Å². The SMILES string of the molecule is CC(C)(C)OC(=O)Nc1cccc(C(=O)OCC(=O)Nc2ccccc2[N+](=O)[O-])c1. The molecule has 0 unspecified atom stereocenters. The number of nitro groups is 1. The summed E-state index contributed by atoms with van der Waals surface area (Å²) in [6.45, 7) is 4.51. The molecule has 2 aromatic carbocycles. The van der Waals surface area contributed by atoms with Gasteiger partial charge in [0.05, 0.1) is 10.5 Å². The molecule has 0 bridgehead atoms. The van der Waals surface area contributed by atoms with Gasteiger partial charge in [-0.1, -0.05) is 18.2 Å². The second kappa shape index (κ2) is 9.50. The van der Waals surface area contributed by atoms with Crippen molar-refractivity contribution in [3.63, 3.8) is 0 Å². The number of amides is 2. The largest absolute Gasteiger partial charge is 0.452 e. The molecule has 10 nitrogen and oxygen atoms in total. The third-order valence-corrected chi connectivity index (χ3v) is 3.45. The van der Waals surface area contributed by atoms with Crippen LogP contribution in [0.15, 0.2) is 48.5 Å². The monoisotopic (exact) mass is 415 g/mol. The Hall–Kier alpha value is -3.95. The van der Waals surface area contributed by atoms with Crippen LogP contribution < -0.4 is 10.6 Å². The molecular weight excluding hydrogens is 394 g/mol. The van der Waals surface area contributed by atoms with E-state index in [4.69, 9.17) is 9.47 Å². The summed E-state index contributed by atoms with van der Waals surface area (Å²) in [4.78, 5) is 46.3. The van der Waals surface area contributed by atoms with E-state index in [9.17, 15) is 24.5 Å². The number of anilines is 2. The van der Waals surface area contributed by atoms with Gasteiger partial charge in [-0.3, -0.25) is 20.2 Å². The Kier molecular flexibility index (Phi) is 7.08. The van der Waals surface area contributed by atoms with Crippen LogP contribution >= 0.6 is 0 Å². The maximum atomic E-state index is 12.2. The molecule has 0 saturated heterocycles. The van der Waals surface area contributed by atoms with Gasteiger partial charge >= 0.3 is 12.1 Å². The molecule has 2 aromatic rings. The fourth-order valence-electron chi connectivity index (χ4n) is 2.28. The molecule has 158 valence electrons. The third kappa shape index (κ3) is 6.89. The van der Waals surface area contributed by atoms with Gasteiger partial charge in [0.1, 0.15) is 11.3 Å². The van der Waals surface area contributed by atoms with E-state index in [1.54, 1.807) is 26.8 Å². The van der Waals surface area contributed by atoms with Gasteiger partial charge in [-0.2, -0.15) is 0 Å². The van der Waals surface area contributed by atoms with Gasteiger partial charge in [-0.25, -0.2) is 9.59 Å². The summed E-state index contributed by atoms with van der Waals surface area (Å²) in [5.74, 6) is -1.54. The van der Waals surface area contributed by atoms with Crippen molar-refractivity contribution in [3.8, 4) is 0 Å². The maximum absolute atomic E-state index is 12.2. The van der Waals surface area contributed by atoms with E-state index in [0.717, 1.165) is 0 Å². The molecule has 0 saturated carbocycles. The topological polar surface area (TPSA) is 137 Å². The van der Waals surface area contributed by atoms with E-state index in [2.05, 4.69) is 10.6 Å². The molecule has 0 aliphatic rings. The number of para-hydroxylation sites is 2. The van der Waals surface area contributed by atoms with Crippen molar-refractivity contribution in [2.45, 2.75) is 26.4 Å². The van der Waals surface area contributed by atoms with Gasteiger partial charge in [0.15, 0.2) is 6.61 Å². The zero-order valence-electron chi connectivity index (χ0n) is 16.6. The number of nitro benzene ring substituents is 1. The number of ether oxygens (including phenoxy) is 2. The molecule has 0 aliphatic carbocycles. The average Bonchev–Trinajstić information content (AvgIpc) is 2.65. The Balaban J connectivity index is 1.94. The van der Waals surface area contributed by atoms with Crippen molar-refractivity contribution in [1.29, 1.82) is 0 Å². The first kappa shape index (κ1) is 22.3. The lowest BCUT2D eigenvalue weighted by molar-refractivity contribution is -0.383. The molecule has 0 fully saturated rings. The minimum Gasteiger partial charge on any atom is -0.452 e. The summed E-state index contributed by atoms with van der Waals surface area (Å²) in [7, 11) is 0. The van der Waals surface area contributed by atoms with E-state index in [0.29, 0.717) is 5.69 Å². The maximum Gasteiger partial charge on any atom is 0.412 e. The summed E-state index contributed by atoms with van der Waals surface area (Å²) >= 11 is 0. The Labute approximate surface area is 172 Å². The predicted octanol–water partition coefficient (Wildman–Crippen LogP) is 3.74. The summed E-state index contributed by atoms with van der Waals surface area (Å²) in [6.07, 6.45) is -0.683. The first-order valence-electron chi connectivity index (χ1n) is 8.85. The van der Waals surface area contributed by atoms with Crippen LogP contribution in [0.1, 0.15) is 31.1 Å². The highest BCUT2D eigenvalue weighted by Crippen LogP contribution is 2.23. The fraction of sp³-hybridized carbons (Fsp3) is 0.250. The van der Waals surface area contributed by atoms with Crippen LogP contribution in [0.5, 0.6) is 0 Å². The van der Waals surface area contributed by atoms with E-state index < -0.39 is 35.1 Å². The normalized spacial score (nSPS) is 10.6. The Bertz CT molecular complexity index is 967. The van der Waals surface area contributed by atoms with Gasteiger partial charge in [0.25, 0.3) is 11.6 Å². The summed E-state index contributed by atoms with van der Waals surface area (Å²) < 4.78 is 10.1. The molecule has 0 radical (unpaired) electrons. The first-order valence-corrected chi connectivity index (χ1v) is 8.85. The molecule has 2 rings (SSSR count). The van der Waals surface area contributed by atoms with Crippen molar-refractivity contribution < 1.29 is 28.8 Å². The molecule has 0 heterocycles. The summed E-state index contributed by atoms with van der Waals surface area (Å²) in [5, 5.41) is 15.8. The number of hydrogen-bond acceptors (Lipinski definition) is 7. The smallest absolute Gasteiger partial charge is 0.412 e. The zero-order chi connectivity index (χ0) is 22.3.